The fourth-order valence-corrected chi connectivity index (χ4v) is 3.69. The Morgan fingerprint density at radius 3 is 2.62 bits per heavy atom. The van der Waals surface area contributed by atoms with Crippen LogP contribution in [0.5, 0.6) is 11.5 Å². The number of methoxy groups -OCH3 is 1. The minimum atomic E-state index is -0.384. The molecule has 0 saturated carbocycles. The lowest BCUT2D eigenvalue weighted by molar-refractivity contribution is -0.118. The number of ketones is 1. The quantitative estimate of drug-likeness (QED) is 0.491. The summed E-state index contributed by atoms with van der Waals surface area (Å²) in [5.41, 5.74) is 1.85. The SMILES string of the molecule is COc1cc(C(C)=O)ccc1OCC(=O)Nc1nc(-c2ccc(Cl)cc2Cl)cs1. The maximum atomic E-state index is 12.2. The number of nitrogens with one attached hydrogen (secondary N) is 1. The molecule has 29 heavy (non-hydrogen) atoms. The van der Waals surface area contributed by atoms with Crippen molar-refractivity contribution in [3.8, 4) is 22.8 Å². The molecule has 6 nitrogen and oxygen atoms in total. The van der Waals surface area contributed by atoms with Crippen molar-refractivity contribution in [3.63, 3.8) is 0 Å². The summed E-state index contributed by atoms with van der Waals surface area (Å²) < 4.78 is 10.7. The number of rotatable bonds is 7. The summed E-state index contributed by atoms with van der Waals surface area (Å²) >= 11 is 13.4. The number of carbonyl (C=O) groups is 2. The Morgan fingerprint density at radius 1 is 1.14 bits per heavy atom. The van der Waals surface area contributed by atoms with Crippen LogP contribution < -0.4 is 14.8 Å². The average molecular weight is 451 g/mol. The second kappa shape index (κ2) is 9.26. The fraction of sp³-hybridized carbons (Fsp3) is 0.150. The molecule has 1 N–H and O–H groups in total. The van der Waals surface area contributed by atoms with Crippen LogP contribution in [-0.4, -0.2) is 30.4 Å². The van der Waals surface area contributed by atoms with Gasteiger partial charge in [-0.25, -0.2) is 4.98 Å². The summed E-state index contributed by atoms with van der Waals surface area (Å²) in [7, 11) is 1.46. The van der Waals surface area contributed by atoms with Gasteiger partial charge in [0.25, 0.3) is 5.91 Å². The minimum Gasteiger partial charge on any atom is -0.493 e. The maximum Gasteiger partial charge on any atom is 0.264 e. The lowest BCUT2D eigenvalue weighted by atomic mass is 10.1. The van der Waals surface area contributed by atoms with Crippen LogP contribution in [0.3, 0.4) is 0 Å². The van der Waals surface area contributed by atoms with Crippen molar-refractivity contribution in [2.24, 2.45) is 0 Å². The predicted molar refractivity (Wildman–Crippen MR) is 115 cm³/mol. The first kappa shape index (κ1) is 21.1. The van der Waals surface area contributed by atoms with Gasteiger partial charge in [-0.2, -0.15) is 0 Å². The molecule has 150 valence electrons. The number of carbonyl (C=O) groups excluding carboxylic acids is 2. The number of benzene rings is 2. The van der Waals surface area contributed by atoms with Crippen molar-refractivity contribution in [2.75, 3.05) is 19.0 Å². The van der Waals surface area contributed by atoms with E-state index in [-0.39, 0.29) is 18.3 Å². The van der Waals surface area contributed by atoms with Crippen molar-refractivity contribution in [1.29, 1.82) is 0 Å². The Hall–Kier alpha value is -2.61. The number of Topliss-reactive ketones (excluding diaryl/α,β-unsaturated/α-hetero) is 1. The second-order valence-corrected chi connectivity index (χ2v) is 7.62. The number of anilines is 1. The summed E-state index contributed by atoms with van der Waals surface area (Å²) in [6, 6.07) is 9.89. The van der Waals surface area contributed by atoms with Crippen LogP contribution in [0.25, 0.3) is 11.3 Å². The third-order valence-corrected chi connectivity index (χ3v) is 5.19. The lowest BCUT2D eigenvalue weighted by Crippen LogP contribution is -2.20. The molecule has 0 atom stereocenters. The molecular weight excluding hydrogens is 435 g/mol. The number of halogens is 2. The van der Waals surface area contributed by atoms with Crippen molar-refractivity contribution < 1.29 is 19.1 Å². The zero-order valence-electron chi connectivity index (χ0n) is 15.5. The molecular formula is C20H16Cl2N2O4S. The smallest absolute Gasteiger partial charge is 0.264 e. The highest BCUT2D eigenvalue weighted by Gasteiger charge is 2.13. The average Bonchev–Trinajstić information content (AvgIpc) is 3.14. The third-order valence-electron chi connectivity index (χ3n) is 3.89. The minimum absolute atomic E-state index is 0.0899. The van der Waals surface area contributed by atoms with Gasteiger partial charge in [0.2, 0.25) is 0 Å². The van der Waals surface area contributed by atoms with Gasteiger partial charge in [-0.1, -0.05) is 23.2 Å². The zero-order chi connectivity index (χ0) is 21.0. The van der Waals surface area contributed by atoms with Crippen LogP contribution in [0.4, 0.5) is 5.13 Å². The largest absolute Gasteiger partial charge is 0.493 e. The molecule has 9 heteroatoms. The molecule has 0 saturated heterocycles. The summed E-state index contributed by atoms with van der Waals surface area (Å²) in [4.78, 5) is 28.0. The molecule has 0 bridgehead atoms. The van der Waals surface area contributed by atoms with E-state index < -0.39 is 0 Å². The molecule has 3 rings (SSSR count). The first-order valence-corrected chi connectivity index (χ1v) is 10.0. The Kier molecular flexibility index (Phi) is 6.74. The third kappa shape index (κ3) is 5.26. The maximum absolute atomic E-state index is 12.2. The Labute approximate surface area is 181 Å². The van der Waals surface area contributed by atoms with Gasteiger partial charge < -0.3 is 9.47 Å². The number of nitrogens with zero attached hydrogens (tertiary/aromatic N) is 1. The molecule has 0 fully saturated rings. The second-order valence-electron chi connectivity index (χ2n) is 5.92. The van der Waals surface area contributed by atoms with Crippen LogP contribution in [0.2, 0.25) is 10.0 Å². The van der Waals surface area contributed by atoms with Gasteiger partial charge in [0.1, 0.15) is 0 Å². The van der Waals surface area contributed by atoms with E-state index in [1.807, 2.05) is 0 Å². The van der Waals surface area contributed by atoms with Crippen LogP contribution >= 0.6 is 34.5 Å². The van der Waals surface area contributed by atoms with E-state index in [1.54, 1.807) is 41.8 Å². The summed E-state index contributed by atoms with van der Waals surface area (Å²) in [5, 5.41) is 5.89. The van der Waals surface area contributed by atoms with Crippen LogP contribution in [0, 0.1) is 0 Å². The Bertz CT molecular complexity index is 1070. The first-order chi connectivity index (χ1) is 13.9. The molecule has 0 radical (unpaired) electrons. The highest BCUT2D eigenvalue weighted by atomic mass is 35.5. The van der Waals surface area contributed by atoms with Crippen molar-refractivity contribution in [3.05, 3.63) is 57.4 Å². The zero-order valence-corrected chi connectivity index (χ0v) is 17.8. The van der Waals surface area contributed by atoms with E-state index in [2.05, 4.69) is 10.3 Å². The first-order valence-electron chi connectivity index (χ1n) is 8.40. The van der Waals surface area contributed by atoms with Crippen molar-refractivity contribution >= 4 is 51.4 Å². The Morgan fingerprint density at radius 2 is 1.93 bits per heavy atom. The van der Waals surface area contributed by atoms with Crippen LogP contribution in [0.15, 0.2) is 41.8 Å². The summed E-state index contributed by atoms with van der Waals surface area (Å²) in [5.74, 6) is 0.263. The molecule has 0 spiro atoms. The van der Waals surface area contributed by atoms with Gasteiger partial charge >= 0.3 is 0 Å². The topological polar surface area (TPSA) is 77.5 Å². The summed E-state index contributed by atoms with van der Waals surface area (Å²) in [6.45, 7) is 1.22. The van der Waals surface area contributed by atoms with E-state index in [4.69, 9.17) is 32.7 Å². The fourth-order valence-electron chi connectivity index (χ4n) is 2.46. The van der Waals surface area contributed by atoms with E-state index in [0.29, 0.717) is 37.9 Å². The number of amides is 1. The van der Waals surface area contributed by atoms with Crippen molar-refractivity contribution in [1.82, 2.24) is 4.98 Å². The number of hydrogen-bond donors (Lipinski definition) is 1. The number of aromatic nitrogens is 1. The monoisotopic (exact) mass is 450 g/mol. The van der Waals surface area contributed by atoms with Crippen LogP contribution in [0.1, 0.15) is 17.3 Å². The molecule has 1 aromatic heterocycles. The molecule has 0 aliphatic carbocycles. The van der Waals surface area contributed by atoms with Gasteiger partial charge in [-0.05, 0) is 43.3 Å². The Balaban J connectivity index is 1.63. The normalized spacial score (nSPS) is 10.5. The van der Waals surface area contributed by atoms with E-state index in [9.17, 15) is 9.59 Å². The molecule has 1 amide bonds. The predicted octanol–water partition coefficient (Wildman–Crippen LogP) is 5.35. The van der Waals surface area contributed by atoms with E-state index in [1.165, 1.54) is 25.4 Å². The highest BCUT2D eigenvalue weighted by Crippen LogP contribution is 2.32. The highest BCUT2D eigenvalue weighted by molar-refractivity contribution is 7.14. The molecule has 0 unspecified atom stereocenters. The van der Waals surface area contributed by atoms with E-state index >= 15 is 0 Å². The number of hydrogen-bond acceptors (Lipinski definition) is 6. The number of ether oxygens (including phenoxy) is 2. The molecule has 3 aromatic rings. The van der Waals surface area contributed by atoms with Gasteiger partial charge in [0, 0.05) is 21.5 Å². The summed E-state index contributed by atoms with van der Waals surface area (Å²) in [6.07, 6.45) is 0. The van der Waals surface area contributed by atoms with Crippen molar-refractivity contribution in [2.45, 2.75) is 6.92 Å². The van der Waals surface area contributed by atoms with Gasteiger partial charge in [-0.15, -0.1) is 11.3 Å². The lowest BCUT2D eigenvalue weighted by Gasteiger charge is -2.11. The molecule has 2 aromatic carbocycles. The standard InChI is InChI=1S/C20H16Cl2N2O4S/c1-11(25)12-3-6-17(18(7-12)27-2)28-9-19(26)24-20-23-16(10-29-20)14-5-4-13(21)8-15(14)22/h3-8,10H,9H2,1-2H3,(H,23,24,26). The van der Waals surface area contributed by atoms with Crippen LogP contribution in [-0.2, 0) is 4.79 Å². The van der Waals surface area contributed by atoms with Gasteiger partial charge in [-0.3, -0.25) is 14.9 Å². The molecule has 0 aliphatic heterocycles. The number of thiazole rings is 1. The molecule has 1 heterocycles. The van der Waals surface area contributed by atoms with Gasteiger partial charge in [0.05, 0.1) is 17.8 Å². The van der Waals surface area contributed by atoms with E-state index in [0.717, 1.165) is 5.56 Å². The van der Waals surface area contributed by atoms with Gasteiger partial charge in [0.15, 0.2) is 29.0 Å². The molecule has 0 aliphatic rings.